The molecule has 9 heteroatoms. The minimum atomic E-state index is -3.92. The van der Waals surface area contributed by atoms with Crippen LogP contribution in [0.25, 0.3) is 0 Å². The summed E-state index contributed by atoms with van der Waals surface area (Å²) in [4.78, 5) is 0. The molecular formula is C2H6FeO6S2. The van der Waals surface area contributed by atoms with E-state index in [1.165, 1.54) is 0 Å². The third kappa shape index (κ3) is 6240. The number of rotatable bonds is 0. The average molecular weight is 246 g/mol. The Balaban J connectivity index is -0.000000107. The van der Waals surface area contributed by atoms with Crippen LogP contribution in [-0.4, -0.2) is 38.5 Å². The monoisotopic (exact) mass is 246 g/mol. The first-order valence-electron chi connectivity index (χ1n) is 1.82. The van der Waals surface area contributed by atoms with Crippen molar-refractivity contribution >= 4 is 20.2 Å². The summed E-state index contributed by atoms with van der Waals surface area (Å²) in [5, 5.41) is 0. The predicted molar refractivity (Wildman–Crippen MR) is 31.2 cm³/mol. The first-order chi connectivity index (χ1) is 4.00. The summed E-state index contributed by atoms with van der Waals surface area (Å²) in [7, 11) is -7.83. The maximum atomic E-state index is 9.08. The van der Waals surface area contributed by atoms with Crippen LogP contribution in [0.3, 0.4) is 0 Å². The van der Waals surface area contributed by atoms with Gasteiger partial charge in [-0.15, -0.1) is 0 Å². The summed E-state index contributed by atoms with van der Waals surface area (Å²) >= 11 is 0. The number of hydrogen-bond donors (Lipinski definition) is 0. The van der Waals surface area contributed by atoms with E-state index >= 15 is 0 Å². The number of hydrogen-bond acceptors (Lipinski definition) is 6. The molecule has 0 unspecified atom stereocenters. The van der Waals surface area contributed by atoms with Crippen molar-refractivity contribution in [1.82, 2.24) is 0 Å². The van der Waals surface area contributed by atoms with Crippen molar-refractivity contribution in [3.8, 4) is 0 Å². The molecule has 70 valence electrons. The fourth-order valence-corrected chi connectivity index (χ4v) is 0. The largest absolute Gasteiger partial charge is 2.00 e. The Morgan fingerprint density at radius 3 is 0.818 bits per heavy atom. The van der Waals surface area contributed by atoms with Gasteiger partial charge in [-0.05, 0) is 0 Å². The van der Waals surface area contributed by atoms with Crippen LogP contribution in [0, 0.1) is 0 Å². The van der Waals surface area contributed by atoms with E-state index in [1.54, 1.807) is 0 Å². The van der Waals surface area contributed by atoms with E-state index in [1.807, 2.05) is 0 Å². The van der Waals surface area contributed by atoms with Crippen molar-refractivity contribution in [2.75, 3.05) is 12.5 Å². The predicted octanol–water partition coefficient (Wildman–Crippen LogP) is -1.68. The van der Waals surface area contributed by atoms with Crippen LogP contribution in [-0.2, 0) is 37.3 Å². The zero-order valence-electron chi connectivity index (χ0n) is 5.62. The van der Waals surface area contributed by atoms with Gasteiger partial charge in [0.25, 0.3) is 0 Å². The fraction of sp³-hybridized carbons (Fsp3) is 1.00. The Morgan fingerprint density at radius 2 is 0.818 bits per heavy atom. The molecule has 0 N–H and O–H groups in total. The summed E-state index contributed by atoms with van der Waals surface area (Å²) in [5.74, 6) is 0. The molecule has 11 heavy (non-hydrogen) atoms. The van der Waals surface area contributed by atoms with Gasteiger partial charge in [0.05, 0.1) is 20.2 Å². The molecular weight excluding hydrogens is 240 g/mol. The molecule has 0 fully saturated rings. The smallest absolute Gasteiger partial charge is 0.748 e. The molecule has 0 spiro atoms. The molecule has 0 saturated carbocycles. The molecule has 0 aromatic rings. The molecule has 0 radical (unpaired) electrons. The molecule has 0 saturated heterocycles. The Bertz CT molecular complexity index is 215. The molecule has 0 atom stereocenters. The summed E-state index contributed by atoms with van der Waals surface area (Å²) in [6.07, 6.45) is 1.21. The van der Waals surface area contributed by atoms with Crippen molar-refractivity contribution in [3.63, 3.8) is 0 Å². The van der Waals surface area contributed by atoms with Gasteiger partial charge in [0.1, 0.15) is 0 Å². The van der Waals surface area contributed by atoms with Crippen molar-refractivity contribution in [2.45, 2.75) is 0 Å². The summed E-state index contributed by atoms with van der Waals surface area (Å²) in [6.45, 7) is 0. The normalized spacial score (nSPS) is 10.5. The van der Waals surface area contributed by atoms with E-state index in [-0.39, 0.29) is 17.1 Å². The van der Waals surface area contributed by atoms with Crippen LogP contribution in [0.2, 0.25) is 0 Å². The van der Waals surface area contributed by atoms with Gasteiger partial charge < -0.3 is 9.11 Å². The summed E-state index contributed by atoms with van der Waals surface area (Å²) in [6, 6.07) is 0. The topological polar surface area (TPSA) is 114 Å². The van der Waals surface area contributed by atoms with Crippen LogP contribution in [0.4, 0.5) is 0 Å². The quantitative estimate of drug-likeness (QED) is 0.372. The van der Waals surface area contributed by atoms with E-state index in [2.05, 4.69) is 0 Å². The molecule has 6 nitrogen and oxygen atoms in total. The van der Waals surface area contributed by atoms with E-state index in [0.717, 1.165) is 0 Å². The van der Waals surface area contributed by atoms with Crippen molar-refractivity contribution in [2.24, 2.45) is 0 Å². The summed E-state index contributed by atoms with van der Waals surface area (Å²) < 4.78 is 54.5. The molecule has 0 amide bonds. The van der Waals surface area contributed by atoms with Crippen LogP contribution in [0.5, 0.6) is 0 Å². The minimum Gasteiger partial charge on any atom is -0.748 e. The van der Waals surface area contributed by atoms with E-state index < -0.39 is 20.2 Å². The van der Waals surface area contributed by atoms with Gasteiger partial charge in [-0.3, -0.25) is 0 Å². The van der Waals surface area contributed by atoms with Gasteiger partial charge in [-0.25, -0.2) is 16.8 Å². The maximum absolute atomic E-state index is 9.08. The zero-order valence-corrected chi connectivity index (χ0v) is 8.36. The second kappa shape index (κ2) is 5.92. The van der Waals surface area contributed by atoms with Gasteiger partial charge in [0, 0.05) is 12.5 Å². The van der Waals surface area contributed by atoms with E-state index in [9.17, 15) is 0 Å². The molecule has 0 bridgehead atoms. The average Bonchev–Trinajstić information content (AvgIpc) is 1.12. The van der Waals surface area contributed by atoms with Crippen molar-refractivity contribution < 1.29 is 43.0 Å². The first-order valence-corrected chi connectivity index (χ1v) is 5.45. The zero-order chi connectivity index (χ0) is 9.00. The Morgan fingerprint density at radius 1 is 0.818 bits per heavy atom. The van der Waals surface area contributed by atoms with E-state index in [0.29, 0.717) is 12.5 Å². The molecule has 0 aliphatic rings. The van der Waals surface area contributed by atoms with Crippen LogP contribution >= 0.6 is 0 Å². The maximum Gasteiger partial charge on any atom is 2.00 e. The third-order valence-corrected chi connectivity index (χ3v) is 0. The Labute approximate surface area is 76.0 Å². The van der Waals surface area contributed by atoms with Gasteiger partial charge in [0.15, 0.2) is 0 Å². The Hall–Kier alpha value is 0.339. The third-order valence-electron chi connectivity index (χ3n) is 0. The van der Waals surface area contributed by atoms with Crippen molar-refractivity contribution in [1.29, 1.82) is 0 Å². The minimum absolute atomic E-state index is 0. The van der Waals surface area contributed by atoms with Gasteiger partial charge >= 0.3 is 17.1 Å². The van der Waals surface area contributed by atoms with Gasteiger partial charge in [-0.2, -0.15) is 0 Å². The molecule has 0 rings (SSSR count). The van der Waals surface area contributed by atoms with E-state index in [4.69, 9.17) is 25.9 Å². The second-order valence-electron chi connectivity index (χ2n) is 1.41. The molecule has 0 heterocycles. The van der Waals surface area contributed by atoms with Crippen LogP contribution in [0.15, 0.2) is 0 Å². The molecule has 0 aromatic heterocycles. The van der Waals surface area contributed by atoms with Gasteiger partial charge in [0.2, 0.25) is 0 Å². The Kier molecular flexibility index (Phi) is 9.39. The standard InChI is InChI=1S/2CH4O3S.Fe/c2*1-5(2,3)4;/h2*1H3,(H,2,3,4);/q;;+2/p-2. The second-order valence-corrected chi connectivity index (χ2v) is 4.22. The first kappa shape index (κ1) is 17.4. The fourth-order valence-electron chi connectivity index (χ4n) is 0. The van der Waals surface area contributed by atoms with Crippen LogP contribution < -0.4 is 0 Å². The van der Waals surface area contributed by atoms with Crippen LogP contribution in [0.1, 0.15) is 0 Å². The molecule has 0 aliphatic carbocycles. The SMILES string of the molecule is CS(=O)(=O)[O-].CS(=O)(=O)[O-].[Fe+2]. The van der Waals surface area contributed by atoms with Crippen molar-refractivity contribution in [3.05, 3.63) is 0 Å². The van der Waals surface area contributed by atoms with Gasteiger partial charge in [-0.1, -0.05) is 0 Å². The molecule has 0 aromatic carbocycles. The molecule has 0 aliphatic heterocycles. The summed E-state index contributed by atoms with van der Waals surface area (Å²) in [5.41, 5.74) is 0.